The minimum atomic E-state index is -3.13. The maximum atomic E-state index is 12.7. The van der Waals surface area contributed by atoms with E-state index in [2.05, 4.69) is 5.32 Å². The summed E-state index contributed by atoms with van der Waals surface area (Å²) in [5.74, 6) is -1.28. The highest BCUT2D eigenvalue weighted by Crippen LogP contribution is 2.23. The van der Waals surface area contributed by atoms with Gasteiger partial charge in [0, 0.05) is 24.4 Å². The second-order valence-corrected chi connectivity index (χ2v) is 9.99. The lowest BCUT2D eigenvalue weighted by Gasteiger charge is -2.29. The second kappa shape index (κ2) is 9.51. The first-order valence-corrected chi connectivity index (χ1v) is 11.8. The van der Waals surface area contributed by atoms with E-state index in [0.29, 0.717) is 13.0 Å². The van der Waals surface area contributed by atoms with Crippen molar-refractivity contribution >= 4 is 39.0 Å². The Bertz CT molecular complexity index is 806. The zero-order valence-electron chi connectivity index (χ0n) is 16.2. The Balaban J connectivity index is 1.97. The Morgan fingerprint density at radius 1 is 1.39 bits per heavy atom. The zero-order chi connectivity index (χ0) is 20.9. The normalized spacial score (nSPS) is 20.2. The van der Waals surface area contributed by atoms with Crippen LogP contribution in [-0.4, -0.2) is 61.3 Å². The third kappa shape index (κ3) is 6.03. The molecule has 2 rings (SSSR count). The van der Waals surface area contributed by atoms with Gasteiger partial charge in [-0.2, -0.15) is 0 Å². The van der Waals surface area contributed by atoms with Crippen LogP contribution in [0.4, 0.5) is 0 Å². The summed E-state index contributed by atoms with van der Waals surface area (Å²) in [6, 6.07) is 2.73. The van der Waals surface area contributed by atoms with Crippen LogP contribution in [0, 0.1) is 0 Å². The first kappa shape index (κ1) is 22.4. The van der Waals surface area contributed by atoms with Crippen LogP contribution in [-0.2, 0) is 29.0 Å². The van der Waals surface area contributed by atoms with Gasteiger partial charge in [0.05, 0.1) is 24.0 Å². The number of nitrogens with zero attached hydrogens (tertiary/aromatic N) is 1. The van der Waals surface area contributed by atoms with Gasteiger partial charge in [-0.05, 0) is 31.7 Å². The number of hydrogen-bond acceptors (Lipinski definition) is 7. The van der Waals surface area contributed by atoms with Gasteiger partial charge in [0.15, 0.2) is 15.9 Å². The van der Waals surface area contributed by atoms with Gasteiger partial charge in [0.25, 0.3) is 5.91 Å². The van der Waals surface area contributed by atoms with Gasteiger partial charge in [-0.1, -0.05) is 6.07 Å². The molecule has 1 aromatic heterocycles. The highest BCUT2D eigenvalue weighted by Gasteiger charge is 2.36. The Morgan fingerprint density at radius 2 is 2.11 bits per heavy atom. The molecule has 1 fully saturated rings. The molecule has 3 atom stereocenters. The van der Waals surface area contributed by atoms with Crippen molar-refractivity contribution in [2.75, 3.05) is 18.1 Å². The molecule has 0 aromatic carbocycles. The summed E-state index contributed by atoms with van der Waals surface area (Å²) in [5, 5.41) is 4.56. The average molecular weight is 431 g/mol. The molecule has 8 nitrogen and oxygen atoms in total. The third-order valence-corrected chi connectivity index (χ3v) is 7.30. The van der Waals surface area contributed by atoms with E-state index in [1.54, 1.807) is 6.92 Å². The number of esters is 1. The third-order valence-electron chi connectivity index (χ3n) is 4.56. The van der Waals surface area contributed by atoms with Crippen LogP contribution >= 0.6 is 11.3 Å². The molecule has 28 heavy (non-hydrogen) atoms. The summed E-state index contributed by atoms with van der Waals surface area (Å²) in [6.45, 7) is 4.95. The van der Waals surface area contributed by atoms with E-state index in [1.165, 1.54) is 30.1 Å². The summed E-state index contributed by atoms with van der Waals surface area (Å²) in [5.41, 5.74) is 0. The fraction of sp³-hybridized carbons (Fsp3) is 0.611. The van der Waals surface area contributed by atoms with Crippen molar-refractivity contribution in [1.82, 2.24) is 10.2 Å². The van der Waals surface area contributed by atoms with Crippen molar-refractivity contribution < 1.29 is 27.5 Å². The molecular formula is C18H26N2O6S2. The number of hydrogen-bond donors (Lipinski definition) is 1. The van der Waals surface area contributed by atoms with Gasteiger partial charge in [-0.25, -0.2) is 8.42 Å². The van der Waals surface area contributed by atoms with Crippen LogP contribution in [0.3, 0.4) is 0 Å². The van der Waals surface area contributed by atoms with E-state index >= 15 is 0 Å². The number of carbonyl (C=O) groups excluding carboxylic acids is 3. The number of nitrogens with one attached hydrogen (secondary N) is 1. The van der Waals surface area contributed by atoms with Crippen molar-refractivity contribution in [3.63, 3.8) is 0 Å². The molecule has 0 aliphatic carbocycles. The maximum absolute atomic E-state index is 12.7. The Morgan fingerprint density at radius 3 is 2.61 bits per heavy atom. The fourth-order valence-electron chi connectivity index (χ4n) is 3.27. The SMILES string of the molecule is CCN(C(=O)C(C)OC(=O)CC(NC(C)=O)c1cccs1)C1CCS(=O)(=O)C1. The Kier molecular flexibility index (Phi) is 7.59. The number of carbonyl (C=O) groups is 3. The van der Waals surface area contributed by atoms with Gasteiger partial charge < -0.3 is 15.0 Å². The van der Waals surface area contributed by atoms with Gasteiger partial charge in [-0.3, -0.25) is 14.4 Å². The topological polar surface area (TPSA) is 110 Å². The Labute approximate surface area is 169 Å². The van der Waals surface area contributed by atoms with E-state index in [0.717, 1.165) is 4.88 Å². The standard InChI is InChI=1S/C18H26N2O6S2/c1-4-20(14-7-9-28(24,25)11-14)18(23)12(2)26-17(22)10-15(19-13(3)21)16-6-5-8-27-16/h5-6,8,12,14-15H,4,7,9-11H2,1-3H3,(H,19,21). The number of likely N-dealkylation sites (N-methyl/N-ethyl adjacent to an activating group) is 1. The van der Waals surface area contributed by atoms with E-state index < -0.39 is 33.9 Å². The lowest BCUT2D eigenvalue weighted by molar-refractivity contribution is -0.160. The van der Waals surface area contributed by atoms with E-state index in [9.17, 15) is 22.8 Å². The monoisotopic (exact) mass is 430 g/mol. The molecular weight excluding hydrogens is 404 g/mol. The maximum Gasteiger partial charge on any atom is 0.309 e. The van der Waals surface area contributed by atoms with Gasteiger partial charge in [-0.15, -0.1) is 11.3 Å². The lowest BCUT2D eigenvalue weighted by atomic mass is 10.1. The van der Waals surface area contributed by atoms with Crippen LogP contribution in [0.25, 0.3) is 0 Å². The molecule has 0 saturated carbocycles. The molecule has 3 unspecified atom stereocenters. The van der Waals surface area contributed by atoms with Gasteiger partial charge >= 0.3 is 5.97 Å². The molecule has 0 spiro atoms. The molecule has 1 saturated heterocycles. The molecule has 10 heteroatoms. The summed E-state index contributed by atoms with van der Waals surface area (Å²) < 4.78 is 28.7. The minimum Gasteiger partial charge on any atom is -0.452 e. The number of amides is 2. The Hall–Kier alpha value is -1.94. The molecule has 0 bridgehead atoms. The van der Waals surface area contributed by atoms with E-state index in [4.69, 9.17) is 4.74 Å². The molecule has 2 heterocycles. The average Bonchev–Trinajstić information content (AvgIpc) is 3.24. The first-order valence-electron chi connectivity index (χ1n) is 9.13. The van der Waals surface area contributed by atoms with Crippen LogP contribution in [0.1, 0.15) is 44.5 Å². The predicted molar refractivity (Wildman–Crippen MR) is 105 cm³/mol. The zero-order valence-corrected chi connectivity index (χ0v) is 17.8. The van der Waals surface area contributed by atoms with Crippen LogP contribution in [0.5, 0.6) is 0 Å². The number of sulfone groups is 1. The first-order chi connectivity index (χ1) is 13.1. The van der Waals surface area contributed by atoms with Crippen molar-refractivity contribution in [3.05, 3.63) is 22.4 Å². The summed E-state index contributed by atoms with van der Waals surface area (Å²) in [4.78, 5) is 38.7. The van der Waals surface area contributed by atoms with Crippen LogP contribution in [0.15, 0.2) is 17.5 Å². The largest absolute Gasteiger partial charge is 0.452 e. The van der Waals surface area contributed by atoms with Crippen molar-refractivity contribution in [1.29, 1.82) is 0 Å². The lowest BCUT2D eigenvalue weighted by Crippen LogP contribution is -2.46. The number of ether oxygens (including phenoxy) is 1. The second-order valence-electron chi connectivity index (χ2n) is 6.79. The van der Waals surface area contributed by atoms with Crippen LogP contribution < -0.4 is 5.32 Å². The highest BCUT2D eigenvalue weighted by atomic mass is 32.2. The van der Waals surface area contributed by atoms with Gasteiger partial charge in [0.1, 0.15) is 0 Å². The predicted octanol–water partition coefficient (Wildman–Crippen LogP) is 1.28. The summed E-state index contributed by atoms with van der Waals surface area (Å²) in [6.07, 6.45) is -0.732. The van der Waals surface area contributed by atoms with Crippen molar-refractivity contribution in [2.24, 2.45) is 0 Å². The van der Waals surface area contributed by atoms with E-state index in [1.807, 2.05) is 17.5 Å². The molecule has 0 radical (unpaired) electrons. The van der Waals surface area contributed by atoms with Gasteiger partial charge in [0.2, 0.25) is 5.91 Å². The van der Waals surface area contributed by atoms with Crippen LogP contribution in [0.2, 0.25) is 0 Å². The molecule has 1 N–H and O–H groups in total. The summed E-state index contributed by atoms with van der Waals surface area (Å²) >= 11 is 1.41. The highest BCUT2D eigenvalue weighted by molar-refractivity contribution is 7.91. The fourth-order valence-corrected chi connectivity index (χ4v) is 5.78. The molecule has 156 valence electrons. The molecule has 1 aliphatic rings. The van der Waals surface area contributed by atoms with Crippen molar-refractivity contribution in [3.8, 4) is 0 Å². The molecule has 1 aliphatic heterocycles. The van der Waals surface area contributed by atoms with E-state index in [-0.39, 0.29) is 29.9 Å². The smallest absolute Gasteiger partial charge is 0.309 e. The summed E-state index contributed by atoms with van der Waals surface area (Å²) in [7, 11) is -3.13. The molecule has 1 aromatic rings. The quantitative estimate of drug-likeness (QED) is 0.622. The number of rotatable bonds is 8. The number of thiophene rings is 1. The molecule has 2 amide bonds. The van der Waals surface area contributed by atoms with Crippen molar-refractivity contribution in [2.45, 2.75) is 51.8 Å². The minimum absolute atomic E-state index is 0.0593.